The number of hydrogen-bond donors (Lipinski definition) is 1. The van der Waals surface area contributed by atoms with E-state index in [0.717, 1.165) is 23.9 Å². The van der Waals surface area contributed by atoms with Crippen molar-refractivity contribution in [2.45, 2.75) is 64.5 Å². The van der Waals surface area contributed by atoms with Crippen molar-refractivity contribution in [3.63, 3.8) is 0 Å². The summed E-state index contributed by atoms with van der Waals surface area (Å²) in [6.07, 6.45) is 8.50. The first-order valence-corrected chi connectivity index (χ1v) is 9.42. The second-order valence-electron chi connectivity index (χ2n) is 8.00. The monoisotopic (exact) mass is 293 g/mol. The van der Waals surface area contributed by atoms with E-state index in [1.54, 1.807) is 0 Å². The van der Waals surface area contributed by atoms with E-state index < -0.39 is 0 Å². The number of nitrogens with zero attached hydrogens (tertiary/aromatic N) is 2. The zero-order chi connectivity index (χ0) is 14.7. The van der Waals surface area contributed by atoms with Gasteiger partial charge in [0.15, 0.2) is 0 Å². The molecule has 0 aliphatic carbocycles. The molecule has 3 heterocycles. The Hall–Kier alpha value is -0.120. The van der Waals surface area contributed by atoms with E-state index in [4.69, 9.17) is 0 Å². The van der Waals surface area contributed by atoms with Gasteiger partial charge in [-0.2, -0.15) is 0 Å². The first-order valence-electron chi connectivity index (χ1n) is 9.42. The molecule has 3 fully saturated rings. The summed E-state index contributed by atoms with van der Waals surface area (Å²) in [5, 5.41) is 3.72. The fourth-order valence-electron chi connectivity index (χ4n) is 4.78. The lowest BCUT2D eigenvalue weighted by Gasteiger charge is -2.43. The summed E-state index contributed by atoms with van der Waals surface area (Å²) in [6.45, 7) is 12.6. The Labute approximate surface area is 131 Å². The fourth-order valence-corrected chi connectivity index (χ4v) is 4.78. The molecule has 0 bridgehead atoms. The van der Waals surface area contributed by atoms with Gasteiger partial charge in [0.2, 0.25) is 0 Å². The molecule has 3 rings (SSSR count). The Bertz CT molecular complexity index is 296. The van der Waals surface area contributed by atoms with Gasteiger partial charge in [0.25, 0.3) is 0 Å². The number of likely N-dealkylation sites (tertiary alicyclic amines) is 2. The Morgan fingerprint density at radius 3 is 2.24 bits per heavy atom. The maximum atomic E-state index is 3.72. The van der Waals surface area contributed by atoms with Gasteiger partial charge < -0.3 is 15.1 Å². The normalized spacial score (nSPS) is 31.3. The summed E-state index contributed by atoms with van der Waals surface area (Å²) >= 11 is 0. The summed E-state index contributed by atoms with van der Waals surface area (Å²) in [7, 11) is 0. The van der Waals surface area contributed by atoms with Crippen molar-refractivity contribution in [3.8, 4) is 0 Å². The van der Waals surface area contributed by atoms with Gasteiger partial charge >= 0.3 is 0 Å². The maximum absolute atomic E-state index is 3.72. The van der Waals surface area contributed by atoms with E-state index in [1.165, 1.54) is 77.8 Å². The quantitative estimate of drug-likeness (QED) is 0.859. The zero-order valence-corrected chi connectivity index (χ0v) is 14.2. The molecule has 3 nitrogen and oxygen atoms in total. The van der Waals surface area contributed by atoms with Gasteiger partial charge in [-0.05, 0) is 83.1 Å². The molecule has 21 heavy (non-hydrogen) atoms. The summed E-state index contributed by atoms with van der Waals surface area (Å²) in [5.74, 6) is 1.78. The van der Waals surface area contributed by atoms with Crippen molar-refractivity contribution < 1.29 is 0 Å². The van der Waals surface area contributed by atoms with E-state index in [1.807, 2.05) is 0 Å². The first kappa shape index (κ1) is 15.8. The Morgan fingerprint density at radius 1 is 0.952 bits per heavy atom. The lowest BCUT2D eigenvalue weighted by Crippen LogP contribution is -2.49. The second-order valence-corrected chi connectivity index (χ2v) is 8.00. The van der Waals surface area contributed by atoms with Crippen molar-refractivity contribution in [3.05, 3.63) is 0 Å². The van der Waals surface area contributed by atoms with Crippen molar-refractivity contribution in [1.29, 1.82) is 0 Å². The van der Waals surface area contributed by atoms with E-state index in [-0.39, 0.29) is 0 Å². The number of piperidine rings is 2. The average molecular weight is 293 g/mol. The molecule has 1 atom stereocenters. The van der Waals surface area contributed by atoms with E-state index in [0.29, 0.717) is 0 Å². The van der Waals surface area contributed by atoms with Gasteiger partial charge in [0.1, 0.15) is 0 Å². The summed E-state index contributed by atoms with van der Waals surface area (Å²) in [5.41, 5.74) is 0. The third-order valence-corrected chi connectivity index (χ3v) is 5.94. The SMILES string of the molecule is CC(C)CN1CCC(N2CCC(C3CCCN3)CC2)CC1. The lowest BCUT2D eigenvalue weighted by atomic mass is 9.87. The highest BCUT2D eigenvalue weighted by Gasteiger charge is 2.32. The third-order valence-electron chi connectivity index (χ3n) is 5.94. The molecule has 122 valence electrons. The van der Waals surface area contributed by atoms with E-state index >= 15 is 0 Å². The van der Waals surface area contributed by atoms with Crippen LogP contribution in [0.15, 0.2) is 0 Å². The Balaban J connectivity index is 1.39. The van der Waals surface area contributed by atoms with Gasteiger partial charge in [0.05, 0.1) is 0 Å². The minimum atomic E-state index is 0.816. The molecule has 0 spiro atoms. The molecule has 1 unspecified atom stereocenters. The maximum Gasteiger partial charge on any atom is 0.0120 e. The molecule has 1 N–H and O–H groups in total. The topological polar surface area (TPSA) is 18.5 Å². The van der Waals surface area contributed by atoms with Crippen molar-refractivity contribution >= 4 is 0 Å². The zero-order valence-electron chi connectivity index (χ0n) is 14.2. The van der Waals surface area contributed by atoms with Crippen LogP contribution >= 0.6 is 0 Å². The largest absolute Gasteiger partial charge is 0.314 e. The van der Waals surface area contributed by atoms with Crippen LogP contribution in [0.3, 0.4) is 0 Å². The van der Waals surface area contributed by atoms with Crippen LogP contribution < -0.4 is 5.32 Å². The highest BCUT2D eigenvalue weighted by molar-refractivity contribution is 4.88. The summed E-state index contributed by atoms with van der Waals surface area (Å²) < 4.78 is 0. The lowest BCUT2D eigenvalue weighted by molar-refractivity contribution is 0.0682. The minimum Gasteiger partial charge on any atom is -0.314 e. The summed E-state index contributed by atoms with van der Waals surface area (Å²) in [6, 6.07) is 1.73. The fraction of sp³-hybridized carbons (Fsp3) is 1.00. The van der Waals surface area contributed by atoms with Crippen LogP contribution in [0.1, 0.15) is 52.4 Å². The molecule has 3 aliphatic heterocycles. The molecule has 3 aliphatic rings. The number of nitrogens with one attached hydrogen (secondary N) is 1. The van der Waals surface area contributed by atoms with Gasteiger partial charge in [-0.15, -0.1) is 0 Å². The molecule has 0 amide bonds. The van der Waals surface area contributed by atoms with Crippen LogP contribution in [-0.2, 0) is 0 Å². The van der Waals surface area contributed by atoms with Crippen molar-refractivity contribution in [1.82, 2.24) is 15.1 Å². The van der Waals surface area contributed by atoms with Crippen LogP contribution in [0.5, 0.6) is 0 Å². The number of hydrogen-bond acceptors (Lipinski definition) is 3. The van der Waals surface area contributed by atoms with Gasteiger partial charge in [-0.3, -0.25) is 0 Å². The second kappa shape index (κ2) is 7.43. The molecule has 0 aromatic carbocycles. The van der Waals surface area contributed by atoms with E-state index in [9.17, 15) is 0 Å². The Kier molecular flexibility index (Phi) is 5.58. The van der Waals surface area contributed by atoms with Crippen LogP contribution in [0.4, 0.5) is 0 Å². The predicted molar refractivity (Wildman–Crippen MR) is 89.6 cm³/mol. The van der Waals surface area contributed by atoms with Crippen LogP contribution in [0.2, 0.25) is 0 Å². The average Bonchev–Trinajstić information content (AvgIpc) is 3.02. The predicted octanol–water partition coefficient (Wildman–Crippen LogP) is 2.57. The van der Waals surface area contributed by atoms with Crippen LogP contribution in [-0.4, -0.2) is 61.2 Å². The standard InChI is InChI=1S/C18H35N3/c1-15(2)14-20-10-7-17(8-11-20)21-12-5-16(6-13-21)18-4-3-9-19-18/h15-19H,3-14H2,1-2H3. The molecule has 0 radical (unpaired) electrons. The van der Waals surface area contributed by atoms with Crippen molar-refractivity contribution in [2.75, 3.05) is 39.3 Å². The highest BCUT2D eigenvalue weighted by Crippen LogP contribution is 2.28. The smallest absolute Gasteiger partial charge is 0.0120 e. The molecule has 3 heteroatoms. The molecule has 0 aromatic heterocycles. The molecule has 3 saturated heterocycles. The van der Waals surface area contributed by atoms with Crippen molar-refractivity contribution in [2.24, 2.45) is 11.8 Å². The summed E-state index contributed by atoms with van der Waals surface area (Å²) in [4.78, 5) is 5.49. The van der Waals surface area contributed by atoms with Gasteiger partial charge in [0, 0.05) is 18.6 Å². The molecule has 0 saturated carbocycles. The Morgan fingerprint density at radius 2 is 1.67 bits per heavy atom. The third kappa shape index (κ3) is 4.20. The van der Waals surface area contributed by atoms with Gasteiger partial charge in [-0.1, -0.05) is 13.8 Å². The first-order chi connectivity index (χ1) is 10.2. The van der Waals surface area contributed by atoms with Crippen LogP contribution in [0.25, 0.3) is 0 Å². The molecular weight excluding hydrogens is 258 g/mol. The van der Waals surface area contributed by atoms with E-state index in [2.05, 4.69) is 29.0 Å². The number of rotatable bonds is 4. The molecule has 0 aromatic rings. The highest BCUT2D eigenvalue weighted by atomic mass is 15.2. The minimum absolute atomic E-state index is 0.816. The van der Waals surface area contributed by atoms with Crippen LogP contribution in [0, 0.1) is 11.8 Å². The van der Waals surface area contributed by atoms with Gasteiger partial charge in [-0.25, -0.2) is 0 Å². The molecular formula is C18H35N3.